The Labute approximate surface area is 165 Å². The van der Waals surface area contributed by atoms with Gasteiger partial charge in [0, 0.05) is 30.6 Å². The molecule has 0 saturated heterocycles. The summed E-state index contributed by atoms with van der Waals surface area (Å²) in [7, 11) is 1.60. The van der Waals surface area contributed by atoms with E-state index in [1.807, 2.05) is 36.4 Å². The number of fused-ring (bicyclic) bond motifs is 2. The number of rotatable bonds is 3. The quantitative estimate of drug-likeness (QED) is 0.725. The van der Waals surface area contributed by atoms with E-state index >= 15 is 0 Å². The Kier molecular flexibility index (Phi) is 3.83. The van der Waals surface area contributed by atoms with E-state index in [1.165, 1.54) is 0 Å². The molecule has 0 fully saturated rings. The summed E-state index contributed by atoms with van der Waals surface area (Å²) in [4.78, 5) is 36.5. The van der Waals surface area contributed by atoms with Crippen LogP contribution in [0.2, 0.25) is 0 Å². The molecule has 3 amide bonds. The van der Waals surface area contributed by atoms with Gasteiger partial charge in [-0.2, -0.15) is 4.99 Å². The summed E-state index contributed by atoms with van der Waals surface area (Å²) in [6, 6.07) is 8.68. The van der Waals surface area contributed by atoms with Crippen molar-refractivity contribution in [2.75, 3.05) is 7.05 Å². The first-order valence-electron chi connectivity index (χ1n) is 9.08. The predicted octanol–water partition coefficient (Wildman–Crippen LogP) is 2.62. The van der Waals surface area contributed by atoms with Crippen molar-refractivity contribution in [3.05, 3.63) is 72.2 Å². The largest absolute Gasteiger partial charge is 0.355 e. The fraction of sp³-hybridized carbons (Fsp3) is 0.0952. The molecule has 2 aliphatic rings. The third kappa shape index (κ3) is 2.82. The highest BCUT2D eigenvalue weighted by Gasteiger charge is 2.25. The molecule has 0 bridgehead atoms. The second kappa shape index (κ2) is 6.52. The van der Waals surface area contributed by atoms with Crippen molar-refractivity contribution in [3.63, 3.8) is 0 Å². The Morgan fingerprint density at radius 1 is 1.21 bits per heavy atom. The van der Waals surface area contributed by atoms with Gasteiger partial charge in [0.15, 0.2) is 0 Å². The van der Waals surface area contributed by atoms with Crippen LogP contribution in [-0.4, -0.2) is 39.2 Å². The molecule has 3 aromatic rings. The van der Waals surface area contributed by atoms with E-state index in [2.05, 4.69) is 25.2 Å². The van der Waals surface area contributed by atoms with Crippen LogP contribution < -0.4 is 10.6 Å². The molecule has 1 atom stereocenters. The Morgan fingerprint density at radius 3 is 2.83 bits per heavy atom. The van der Waals surface area contributed by atoms with Crippen LogP contribution in [0.15, 0.2) is 71.6 Å². The third-order valence-electron chi connectivity index (χ3n) is 4.94. The van der Waals surface area contributed by atoms with Crippen molar-refractivity contribution >= 4 is 28.7 Å². The maximum Gasteiger partial charge on any atom is 0.346 e. The molecular weight excluding hydrogens is 368 g/mol. The number of imidazole rings is 1. The minimum absolute atomic E-state index is 0.166. The maximum atomic E-state index is 12.0. The number of amides is 3. The number of nitrogens with zero attached hydrogens (tertiary/aromatic N) is 4. The number of carbonyl (C=O) groups excluding carboxylic acids is 2. The Balaban J connectivity index is 1.71. The van der Waals surface area contributed by atoms with Gasteiger partial charge in [-0.1, -0.05) is 6.08 Å². The van der Waals surface area contributed by atoms with Gasteiger partial charge in [-0.15, -0.1) is 0 Å². The Hall–Kier alpha value is -4.07. The average Bonchev–Trinajstić information content (AvgIpc) is 3.32. The summed E-state index contributed by atoms with van der Waals surface area (Å²) in [6.45, 7) is 0. The van der Waals surface area contributed by atoms with Crippen molar-refractivity contribution in [2.24, 2.45) is 4.99 Å². The van der Waals surface area contributed by atoms with Gasteiger partial charge < -0.3 is 15.2 Å². The topological polar surface area (TPSA) is 101 Å². The average molecular weight is 384 g/mol. The van der Waals surface area contributed by atoms with E-state index in [1.54, 1.807) is 31.6 Å². The number of carbonyl (C=O) groups is 2. The number of aromatic nitrogens is 3. The lowest BCUT2D eigenvalue weighted by Gasteiger charge is -2.19. The van der Waals surface area contributed by atoms with Gasteiger partial charge in [-0.05, 0) is 42.5 Å². The fourth-order valence-corrected chi connectivity index (χ4v) is 3.60. The monoisotopic (exact) mass is 384 g/mol. The summed E-state index contributed by atoms with van der Waals surface area (Å²) in [5.41, 5.74) is 4.34. The third-order valence-corrected chi connectivity index (χ3v) is 4.94. The summed E-state index contributed by atoms with van der Waals surface area (Å²) >= 11 is 0. The number of aliphatic imine (C=N–C) groups is 1. The van der Waals surface area contributed by atoms with E-state index in [4.69, 9.17) is 4.98 Å². The molecule has 2 aromatic heterocycles. The normalized spacial score (nSPS) is 17.6. The first-order chi connectivity index (χ1) is 14.1. The molecule has 8 heteroatoms. The molecule has 1 aromatic carbocycles. The SMILES string of the molecule is CNC(=O)c1ccc2c(c1)nc(-c1ccncc1)n2C1C=CC2=NC(=O)NC2=C1. The number of benzene rings is 1. The number of hydrogen-bond acceptors (Lipinski definition) is 4. The predicted molar refractivity (Wildman–Crippen MR) is 109 cm³/mol. The number of pyridine rings is 1. The lowest BCUT2D eigenvalue weighted by Crippen LogP contribution is -2.19. The Bertz CT molecular complexity index is 1250. The molecule has 1 unspecified atom stereocenters. The zero-order valence-electron chi connectivity index (χ0n) is 15.5. The van der Waals surface area contributed by atoms with Crippen LogP contribution in [0.25, 0.3) is 22.4 Å². The van der Waals surface area contributed by atoms with Gasteiger partial charge in [0.1, 0.15) is 5.82 Å². The van der Waals surface area contributed by atoms with Gasteiger partial charge >= 0.3 is 6.03 Å². The molecule has 1 aliphatic heterocycles. The van der Waals surface area contributed by atoms with Gasteiger partial charge in [0.05, 0.1) is 28.5 Å². The zero-order valence-corrected chi connectivity index (χ0v) is 15.5. The number of urea groups is 1. The Morgan fingerprint density at radius 2 is 2.03 bits per heavy atom. The van der Waals surface area contributed by atoms with Crippen LogP contribution in [0.5, 0.6) is 0 Å². The van der Waals surface area contributed by atoms with Gasteiger partial charge in [0.2, 0.25) is 0 Å². The molecule has 3 heterocycles. The maximum absolute atomic E-state index is 12.0. The second-order valence-electron chi connectivity index (χ2n) is 6.68. The van der Waals surface area contributed by atoms with Crippen molar-refractivity contribution < 1.29 is 9.59 Å². The first kappa shape index (κ1) is 17.1. The zero-order chi connectivity index (χ0) is 20.0. The molecule has 1 aliphatic carbocycles. The van der Waals surface area contributed by atoms with Crippen molar-refractivity contribution in [2.45, 2.75) is 6.04 Å². The highest BCUT2D eigenvalue weighted by Crippen LogP contribution is 2.32. The smallest absolute Gasteiger partial charge is 0.346 e. The van der Waals surface area contributed by atoms with Crippen LogP contribution in [0.4, 0.5) is 4.79 Å². The minimum Gasteiger partial charge on any atom is -0.355 e. The van der Waals surface area contributed by atoms with Crippen LogP contribution in [-0.2, 0) is 0 Å². The van der Waals surface area contributed by atoms with E-state index in [0.717, 1.165) is 16.9 Å². The summed E-state index contributed by atoms with van der Waals surface area (Å²) < 4.78 is 2.07. The highest BCUT2D eigenvalue weighted by atomic mass is 16.2. The molecular formula is C21H16N6O2. The van der Waals surface area contributed by atoms with Crippen molar-refractivity contribution in [3.8, 4) is 11.4 Å². The van der Waals surface area contributed by atoms with Crippen molar-refractivity contribution in [1.82, 2.24) is 25.2 Å². The number of allylic oxidation sites excluding steroid dienone is 3. The van der Waals surface area contributed by atoms with Crippen molar-refractivity contribution in [1.29, 1.82) is 0 Å². The molecule has 142 valence electrons. The first-order valence-corrected chi connectivity index (χ1v) is 9.08. The van der Waals surface area contributed by atoms with E-state index in [9.17, 15) is 9.59 Å². The molecule has 0 spiro atoms. The van der Waals surface area contributed by atoms with Gasteiger partial charge in [0.25, 0.3) is 5.91 Å². The van der Waals surface area contributed by atoms with E-state index in [-0.39, 0.29) is 18.0 Å². The summed E-state index contributed by atoms with van der Waals surface area (Å²) in [5, 5.41) is 5.39. The van der Waals surface area contributed by atoms with Crippen LogP contribution in [0.3, 0.4) is 0 Å². The molecule has 0 saturated carbocycles. The second-order valence-corrected chi connectivity index (χ2v) is 6.68. The van der Waals surface area contributed by atoms with Crippen LogP contribution in [0, 0.1) is 0 Å². The standard InChI is InChI=1S/C21H16N6O2/c1-22-20(28)13-2-5-18-17(10-13)24-19(12-6-8-23-9-7-12)27(18)14-3-4-15-16(11-14)26-21(29)25-15/h2-11,14H,1H3,(H,22,28)(H,26,29). The van der Waals surface area contributed by atoms with Gasteiger partial charge in [-0.3, -0.25) is 9.78 Å². The van der Waals surface area contributed by atoms with E-state index < -0.39 is 0 Å². The van der Waals surface area contributed by atoms with Crippen LogP contribution in [0.1, 0.15) is 16.4 Å². The lowest BCUT2D eigenvalue weighted by atomic mass is 10.1. The van der Waals surface area contributed by atoms with Gasteiger partial charge in [-0.25, -0.2) is 9.78 Å². The molecule has 29 heavy (non-hydrogen) atoms. The molecule has 8 nitrogen and oxygen atoms in total. The molecule has 5 rings (SSSR count). The molecule has 0 radical (unpaired) electrons. The summed E-state index contributed by atoms with van der Waals surface area (Å²) in [6.07, 6.45) is 9.18. The highest BCUT2D eigenvalue weighted by molar-refractivity contribution is 6.19. The minimum atomic E-state index is -0.364. The number of nitrogens with one attached hydrogen (secondary N) is 2. The summed E-state index contributed by atoms with van der Waals surface area (Å²) in [5.74, 6) is 0.578. The van der Waals surface area contributed by atoms with E-state index in [0.29, 0.717) is 22.5 Å². The number of hydrogen-bond donors (Lipinski definition) is 2. The fourth-order valence-electron chi connectivity index (χ4n) is 3.60. The lowest BCUT2D eigenvalue weighted by molar-refractivity contribution is 0.0963. The van der Waals surface area contributed by atoms with Crippen LogP contribution >= 0.6 is 0 Å². The molecule has 2 N–H and O–H groups in total.